The van der Waals surface area contributed by atoms with Gasteiger partial charge in [0.2, 0.25) is 0 Å². The van der Waals surface area contributed by atoms with Gasteiger partial charge < -0.3 is 9.47 Å². The number of ether oxygens (including phenoxy) is 2. The number of hydrogen-bond acceptors (Lipinski definition) is 5. The number of carbonyl (C=O) groups is 2. The van der Waals surface area contributed by atoms with Crippen molar-refractivity contribution >= 4 is 11.9 Å². The van der Waals surface area contributed by atoms with Gasteiger partial charge in [-0.3, -0.25) is 9.07 Å². The number of aromatic nitrogens is 2. The number of hydrogen-bond donors (Lipinski definition) is 0. The molecule has 7 heteroatoms. The topological polar surface area (TPSA) is 70.4 Å². The van der Waals surface area contributed by atoms with Crippen LogP contribution in [0, 0.1) is 0 Å². The van der Waals surface area contributed by atoms with Gasteiger partial charge >= 0.3 is 11.9 Å². The van der Waals surface area contributed by atoms with E-state index in [9.17, 15) is 14.0 Å². The van der Waals surface area contributed by atoms with Crippen molar-refractivity contribution < 1.29 is 23.5 Å². The van der Waals surface area contributed by atoms with Crippen LogP contribution in [-0.4, -0.2) is 42.6 Å². The maximum Gasteiger partial charge on any atom is 0.358 e. The lowest BCUT2D eigenvalue weighted by atomic mass is 10.3. The zero-order chi connectivity index (χ0) is 12.8. The van der Waals surface area contributed by atoms with E-state index < -0.39 is 18.6 Å². The number of esters is 2. The van der Waals surface area contributed by atoms with E-state index in [0.717, 1.165) is 0 Å². The van der Waals surface area contributed by atoms with Gasteiger partial charge in [0, 0.05) is 12.6 Å². The first kappa shape index (κ1) is 13.1. The first-order chi connectivity index (χ1) is 8.13. The van der Waals surface area contributed by atoms with Crippen molar-refractivity contribution in [2.24, 2.45) is 0 Å². The summed E-state index contributed by atoms with van der Waals surface area (Å²) in [6.07, 6.45) is 0.201. The molecule has 1 heterocycles. The molecule has 0 aliphatic carbocycles. The molecule has 17 heavy (non-hydrogen) atoms. The van der Waals surface area contributed by atoms with Crippen LogP contribution in [0.5, 0.6) is 0 Å². The van der Waals surface area contributed by atoms with E-state index in [1.807, 2.05) is 0 Å². The smallest absolute Gasteiger partial charge is 0.358 e. The van der Waals surface area contributed by atoms with Crippen LogP contribution < -0.4 is 0 Å². The third-order valence-corrected chi connectivity index (χ3v) is 2.07. The van der Waals surface area contributed by atoms with Crippen molar-refractivity contribution in [3.63, 3.8) is 0 Å². The number of alkyl halides is 1. The van der Waals surface area contributed by atoms with Gasteiger partial charge in [-0.15, -0.1) is 0 Å². The Morgan fingerprint density at radius 2 is 2.00 bits per heavy atom. The molecule has 0 saturated carbocycles. The lowest BCUT2D eigenvalue weighted by Crippen LogP contribution is -2.12. The number of methoxy groups -OCH3 is 2. The molecule has 0 aliphatic heterocycles. The first-order valence-electron chi connectivity index (χ1n) is 4.94. The Labute approximate surface area is 97.3 Å². The summed E-state index contributed by atoms with van der Waals surface area (Å²) < 4.78 is 22.3. The number of rotatable bonds is 5. The van der Waals surface area contributed by atoms with Gasteiger partial charge in [-0.1, -0.05) is 0 Å². The maximum absolute atomic E-state index is 12.1. The number of halogens is 1. The standard InChI is InChI=1S/C10H13FN2O4/c1-16-9(14)7-6-8(10(15)17-2)13(12-7)5-3-4-11/h6H,3-5H2,1-2H3. The van der Waals surface area contributed by atoms with E-state index in [1.165, 1.54) is 25.0 Å². The fraction of sp³-hybridized carbons (Fsp3) is 0.500. The Morgan fingerprint density at radius 1 is 1.35 bits per heavy atom. The second-order valence-electron chi connectivity index (χ2n) is 3.16. The van der Waals surface area contributed by atoms with Crippen LogP contribution in [0.15, 0.2) is 6.07 Å². The predicted molar refractivity (Wildman–Crippen MR) is 55.5 cm³/mol. The molecule has 0 N–H and O–H groups in total. The Kier molecular flexibility index (Phi) is 4.62. The zero-order valence-electron chi connectivity index (χ0n) is 9.60. The highest BCUT2D eigenvalue weighted by Gasteiger charge is 2.19. The van der Waals surface area contributed by atoms with Crippen LogP contribution in [0.2, 0.25) is 0 Å². The maximum atomic E-state index is 12.1. The van der Waals surface area contributed by atoms with Gasteiger partial charge in [0.1, 0.15) is 5.69 Å². The summed E-state index contributed by atoms with van der Waals surface area (Å²) in [5.74, 6) is -1.29. The third-order valence-electron chi connectivity index (χ3n) is 2.07. The van der Waals surface area contributed by atoms with E-state index in [-0.39, 0.29) is 24.4 Å². The molecule has 0 saturated heterocycles. The summed E-state index contributed by atoms with van der Waals surface area (Å²) >= 11 is 0. The van der Waals surface area contributed by atoms with Crippen molar-refractivity contribution in [3.8, 4) is 0 Å². The van der Waals surface area contributed by atoms with Crippen LogP contribution in [0.3, 0.4) is 0 Å². The fourth-order valence-corrected chi connectivity index (χ4v) is 1.27. The molecule has 1 aromatic rings. The summed E-state index contributed by atoms with van der Waals surface area (Å²) in [5, 5.41) is 3.86. The molecule has 0 spiro atoms. The number of carbonyl (C=O) groups excluding carboxylic acids is 2. The Balaban J connectivity index is 3.02. The molecular formula is C10H13FN2O4. The molecule has 94 valence electrons. The van der Waals surface area contributed by atoms with Gasteiger partial charge in [-0.25, -0.2) is 9.59 Å². The molecule has 6 nitrogen and oxygen atoms in total. The zero-order valence-corrected chi connectivity index (χ0v) is 9.60. The second kappa shape index (κ2) is 5.97. The fourth-order valence-electron chi connectivity index (χ4n) is 1.27. The largest absolute Gasteiger partial charge is 0.464 e. The Hall–Kier alpha value is -1.92. The molecular weight excluding hydrogens is 231 g/mol. The molecule has 0 atom stereocenters. The highest BCUT2D eigenvalue weighted by Crippen LogP contribution is 2.08. The van der Waals surface area contributed by atoms with Crippen molar-refractivity contribution in [1.82, 2.24) is 9.78 Å². The molecule has 0 aromatic carbocycles. The molecule has 0 bridgehead atoms. The van der Waals surface area contributed by atoms with Crippen LogP contribution in [0.25, 0.3) is 0 Å². The Morgan fingerprint density at radius 3 is 2.53 bits per heavy atom. The molecule has 1 rings (SSSR count). The average molecular weight is 244 g/mol. The highest BCUT2D eigenvalue weighted by atomic mass is 19.1. The van der Waals surface area contributed by atoms with E-state index >= 15 is 0 Å². The molecule has 0 radical (unpaired) electrons. The van der Waals surface area contributed by atoms with E-state index in [4.69, 9.17) is 0 Å². The summed E-state index contributed by atoms with van der Waals surface area (Å²) in [4.78, 5) is 22.6. The molecule has 0 unspecified atom stereocenters. The number of nitrogens with zero attached hydrogens (tertiary/aromatic N) is 2. The quantitative estimate of drug-likeness (QED) is 0.717. The van der Waals surface area contributed by atoms with Crippen LogP contribution in [0.1, 0.15) is 27.4 Å². The van der Waals surface area contributed by atoms with E-state index in [1.54, 1.807) is 0 Å². The van der Waals surface area contributed by atoms with Crippen molar-refractivity contribution in [2.75, 3.05) is 20.9 Å². The summed E-state index contributed by atoms with van der Waals surface area (Å²) in [6.45, 7) is -0.341. The Bertz CT molecular complexity index is 416. The van der Waals surface area contributed by atoms with Crippen LogP contribution in [0.4, 0.5) is 4.39 Å². The van der Waals surface area contributed by atoms with Gasteiger partial charge in [0.15, 0.2) is 5.69 Å². The summed E-state index contributed by atoms with van der Waals surface area (Å²) in [7, 11) is 2.42. The summed E-state index contributed by atoms with van der Waals surface area (Å²) in [5.41, 5.74) is 0.0908. The summed E-state index contributed by atoms with van der Waals surface area (Å²) in [6, 6.07) is 1.26. The second-order valence-corrected chi connectivity index (χ2v) is 3.16. The first-order valence-corrected chi connectivity index (χ1v) is 4.94. The highest BCUT2D eigenvalue weighted by molar-refractivity contribution is 5.93. The van der Waals surface area contributed by atoms with Crippen molar-refractivity contribution in [2.45, 2.75) is 13.0 Å². The van der Waals surface area contributed by atoms with Gasteiger partial charge in [0.05, 0.1) is 20.9 Å². The third kappa shape index (κ3) is 3.02. The minimum atomic E-state index is -0.658. The molecule has 1 aromatic heterocycles. The molecule has 0 aliphatic rings. The van der Waals surface area contributed by atoms with Crippen molar-refractivity contribution in [3.05, 3.63) is 17.5 Å². The van der Waals surface area contributed by atoms with E-state index in [2.05, 4.69) is 14.6 Å². The van der Waals surface area contributed by atoms with Gasteiger partial charge in [-0.05, 0) is 6.42 Å². The molecule has 0 fully saturated rings. The monoisotopic (exact) mass is 244 g/mol. The predicted octanol–water partition coefficient (Wildman–Crippen LogP) is 0.816. The van der Waals surface area contributed by atoms with Crippen LogP contribution >= 0.6 is 0 Å². The minimum absolute atomic E-state index is 0.00763. The van der Waals surface area contributed by atoms with Gasteiger partial charge in [-0.2, -0.15) is 5.10 Å². The minimum Gasteiger partial charge on any atom is -0.464 e. The van der Waals surface area contributed by atoms with Crippen molar-refractivity contribution in [1.29, 1.82) is 0 Å². The average Bonchev–Trinajstić information content (AvgIpc) is 2.78. The van der Waals surface area contributed by atoms with E-state index in [0.29, 0.717) is 0 Å². The van der Waals surface area contributed by atoms with Gasteiger partial charge in [0.25, 0.3) is 0 Å². The SMILES string of the molecule is COC(=O)c1cc(C(=O)OC)n(CCCF)n1. The molecule has 0 amide bonds. The number of aryl methyl sites for hydroxylation is 1. The normalized spacial score (nSPS) is 10.1. The van der Waals surface area contributed by atoms with Crippen LogP contribution in [-0.2, 0) is 16.0 Å². The lowest BCUT2D eigenvalue weighted by Gasteiger charge is -2.03. The lowest BCUT2D eigenvalue weighted by molar-refractivity contribution is 0.0580.